The maximum Gasteiger partial charge on any atom is 0.0408 e. The van der Waals surface area contributed by atoms with Crippen molar-refractivity contribution >= 4 is 11.6 Å². The highest BCUT2D eigenvalue weighted by Gasteiger charge is 2.22. The van der Waals surface area contributed by atoms with Crippen LogP contribution < -0.4 is 5.32 Å². The Morgan fingerprint density at radius 2 is 2.25 bits per heavy atom. The minimum atomic E-state index is 0.691. The highest BCUT2D eigenvalue weighted by molar-refractivity contribution is 6.30. The Morgan fingerprint density at radius 3 is 3.00 bits per heavy atom. The number of rotatable bonds is 3. The van der Waals surface area contributed by atoms with E-state index in [1.165, 1.54) is 31.2 Å². The smallest absolute Gasteiger partial charge is 0.0408 e. The van der Waals surface area contributed by atoms with Crippen LogP contribution in [0.15, 0.2) is 24.3 Å². The molecule has 2 unspecified atom stereocenters. The lowest BCUT2D eigenvalue weighted by molar-refractivity contribution is 0.344. The zero-order chi connectivity index (χ0) is 11.4. The molecular formula is C14H20ClN. The summed E-state index contributed by atoms with van der Waals surface area (Å²) in [6.45, 7) is 3.26. The molecule has 1 aromatic carbocycles. The predicted octanol–water partition coefficient (Wildman–Crippen LogP) is 3.98. The average molecular weight is 238 g/mol. The van der Waals surface area contributed by atoms with Crippen molar-refractivity contribution in [3.63, 3.8) is 0 Å². The van der Waals surface area contributed by atoms with E-state index in [9.17, 15) is 0 Å². The maximum atomic E-state index is 6.05. The van der Waals surface area contributed by atoms with Crippen LogP contribution in [0.4, 0.5) is 0 Å². The standard InChI is InChI=1S/C14H20ClN/c1-2-16-14-8-4-6-12(10-14)11-5-3-7-13(15)9-11/h3,5,7,9,12,14,16H,2,4,6,8,10H2,1H3. The second-order valence-electron chi connectivity index (χ2n) is 4.67. The molecule has 0 aromatic heterocycles. The van der Waals surface area contributed by atoms with Gasteiger partial charge in [-0.15, -0.1) is 0 Å². The first-order chi connectivity index (χ1) is 7.79. The van der Waals surface area contributed by atoms with Gasteiger partial charge in [0.25, 0.3) is 0 Å². The number of hydrogen-bond acceptors (Lipinski definition) is 1. The van der Waals surface area contributed by atoms with Gasteiger partial charge in [-0.2, -0.15) is 0 Å². The Bertz CT molecular complexity index is 335. The van der Waals surface area contributed by atoms with Gasteiger partial charge in [0.15, 0.2) is 0 Å². The monoisotopic (exact) mass is 237 g/mol. The van der Waals surface area contributed by atoms with E-state index in [0.29, 0.717) is 12.0 Å². The van der Waals surface area contributed by atoms with Gasteiger partial charge >= 0.3 is 0 Å². The van der Waals surface area contributed by atoms with Crippen LogP contribution in [0.3, 0.4) is 0 Å². The summed E-state index contributed by atoms with van der Waals surface area (Å²) >= 11 is 6.05. The predicted molar refractivity (Wildman–Crippen MR) is 70.1 cm³/mol. The third-order valence-corrected chi connectivity index (χ3v) is 3.72. The lowest BCUT2D eigenvalue weighted by Gasteiger charge is -2.30. The van der Waals surface area contributed by atoms with Crippen LogP contribution >= 0.6 is 11.6 Å². The van der Waals surface area contributed by atoms with Crippen molar-refractivity contribution in [2.75, 3.05) is 6.54 Å². The molecule has 1 aromatic rings. The molecular weight excluding hydrogens is 218 g/mol. The van der Waals surface area contributed by atoms with Crippen LogP contribution in [-0.2, 0) is 0 Å². The summed E-state index contributed by atoms with van der Waals surface area (Å²) in [6.07, 6.45) is 5.22. The van der Waals surface area contributed by atoms with Crippen molar-refractivity contribution in [2.24, 2.45) is 0 Å². The number of benzene rings is 1. The normalized spacial score (nSPS) is 25.6. The summed E-state index contributed by atoms with van der Waals surface area (Å²) in [5.74, 6) is 0.691. The van der Waals surface area contributed by atoms with Crippen molar-refractivity contribution in [1.82, 2.24) is 5.32 Å². The van der Waals surface area contributed by atoms with Gasteiger partial charge < -0.3 is 5.32 Å². The van der Waals surface area contributed by atoms with Crippen molar-refractivity contribution in [3.8, 4) is 0 Å². The molecule has 2 atom stereocenters. The fourth-order valence-electron chi connectivity index (χ4n) is 2.73. The maximum absolute atomic E-state index is 6.05. The molecule has 1 aliphatic carbocycles. The van der Waals surface area contributed by atoms with Crippen LogP contribution in [-0.4, -0.2) is 12.6 Å². The first kappa shape index (κ1) is 11.9. The molecule has 2 heteroatoms. The van der Waals surface area contributed by atoms with Crippen molar-refractivity contribution in [3.05, 3.63) is 34.9 Å². The van der Waals surface area contributed by atoms with Gasteiger partial charge in [-0.25, -0.2) is 0 Å². The van der Waals surface area contributed by atoms with E-state index in [2.05, 4.69) is 30.4 Å². The summed E-state index contributed by atoms with van der Waals surface area (Å²) in [7, 11) is 0. The van der Waals surface area contributed by atoms with Crippen LogP contribution in [0.2, 0.25) is 5.02 Å². The van der Waals surface area contributed by atoms with E-state index in [1.807, 2.05) is 6.07 Å². The van der Waals surface area contributed by atoms with Crippen molar-refractivity contribution < 1.29 is 0 Å². The third-order valence-electron chi connectivity index (χ3n) is 3.49. The van der Waals surface area contributed by atoms with Gasteiger partial charge in [-0.05, 0) is 49.4 Å². The summed E-state index contributed by atoms with van der Waals surface area (Å²) < 4.78 is 0. The Hall–Kier alpha value is -0.530. The zero-order valence-electron chi connectivity index (χ0n) is 9.88. The molecule has 2 rings (SSSR count). The number of nitrogens with one attached hydrogen (secondary N) is 1. The highest BCUT2D eigenvalue weighted by Crippen LogP contribution is 2.33. The molecule has 1 fully saturated rings. The van der Waals surface area contributed by atoms with E-state index in [-0.39, 0.29) is 0 Å². The van der Waals surface area contributed by atoms with Crippen molar-refractivity contribution in [1.29, 1.82) is 0 Å². The summed E-state index contributed by atoms with van der Waals surface area (Å²) in [5.41, 5.74) is 1.41. The fraction of sp³-hybridized carbons (Fsp3) is 0.571. The molecule has 0 heterocycles. The first-order valence-electron chi connectivity index (χ1n) is 6.28. The molecule has 1 saturated carbocycles. The zero-order valence-corrected chi connectivity index (χ0v) is 10.6. The lowest BCUT2D eigenvalue weighted by atomic mass is 9.81. The summed E-state index contributed by atoms with van der Waals surface area (Å²) in [5, 5.41) is 4.43. The summed E-state index contributed by atoms with van der Waals surface area (Å²) in [6, 6.07) is 9.05. The topological polar surface area (TPSA) is 12.0 Å². The lowest BCUT2D eigenvalue weighted by Crippen LogP contribution is -2.33. The van der Waals surface area contributed by atoms with E-state index >= 15 is 0 Å². The van der Waals surface area contributed by atoms with E-state index in [4.69, 9.17) is 11.6 Å². The molecule has 88 valence electrons. The van der Waals surface area contributed by atoms with Gasteiger partial charge in [-0.1, -0.05) is 37.1 Å². The molecule has 1 N–H and O–H groups in total. The van der Waals surface area contributed by atoms with Crippen LogP contribution in [0.5, 0.6) is 0 Å². The second-order valence-corrected chi connectivity index (χ2v) is 5.11. The molecule has 0 spiro atoms. The molecule has 0 bridgehead atoms. The van der Waals surface area contributed by atoms with Gasteiger partial charge in [0.05, 0.1) is 0 Å². The molecule has 0 saturated heterocycles. The van der Waals surface area contributed by atoms with E-state index in [1.54, 1.807) is 0 Å². The quantitative estimate of drug-likeness (QED) is 0.839. The molecule has 0 amide bonds. The first-order valence-corrected chi connectivity index (χ1v) is 6.66. The van der Waals surface area contributed by atoms with E-state index < -0.39 is 0 Å². The van der Waals surface area contributed by atoms with Gasteiger partial charge in [0, 0.05) is 11.1 Å². The Kier molecular flexibility index (Phi) is 4.25. The average Bonchev–Trinajstić information content (AvgIpc) is 2.30. The number of halogens is 1. The van der Waals surface area contributed by atoms with Gasteiger partial charge in [0.2, 0.25) is 0 Å². The SMILES string of the molecule is CCNC1CCCC(c2cccc(Cl)c2)C1. The molecule has 1 nitrogen and oxygen atoms in total. The molecule has 1 aliphatic rings. The largest absolute Gasteiger partial charge is 0.314 e. The second kappa shape index (κ2) is 5.70. The van der Waals surface area contributed by atoms with Crippen molar-refractivity contribution in [2.45, 2.75) is 44.6 Å². The third kappa shape index (κ3) is 2.99. The Balaban J connectivity index is 2.03. The fourth-order valence-corrected chi connectivity index (χ4v) is 2.93. The van der Waals surface area contributed by atoms with Gasteiger partial charge in [-0.3, -0.25) is 0 Å². The minimum Gasteiger partial charge on any atom is -0.314 e. The molecule has 0 radical (unpaired) electrons. The number of hydrogen-bond donors (Lipinski definition) is 1. The molecule has 16 heavy (non-hydrogen) atoms. The Labute approximate surface area is 103 Å². The van der Waals surface area contributed by atoms with E-state index in [0.717, 1.165) is 11.6 Å². The summed E-state index contributed by atoms with van der Waals surface area (Å²) in [4.78, 5) is 0. The van der Waals surface area contributed by atoms with Crippen LogP contribution in [0.25, 0.3) is 0 Å². The minimum absolute atomic E-state index is 0.691. The van der Waals surface area contributed by atoms with Crippen LogP contribution in [0, 0.1) is 0 Å². The van der Waals surface area contributed by atoms with Crippen LogP contribution in [0.1, 0.15) is 44.1 Å². The highest BCUT2D eigenvalue weighted by atomic mass is 35.5. The van der Waals surface area contributed by atoms with Gasteiger partial charge in [0.1, 0.15) is 0 Å². The Morgan fingerprint density at radius 1 is 1.38 bits per heavy atom. The molecule has 0 aliphatic heterocycles.